The Morgan fingerprint density at radius 3 is 2.33 bits per heavy atom. The van der Waals surface area contributed by atoms with E-state index in [2.05, 4.69) is 15.6 Å². The molecular weight excluding hydrogens is 401 g/mol. The van der Waals surface area contributed by atoms with Crippen molar-refractivity contribution in [1.82, 2.24) is 15.5 Å². The molecule has 1 saturated heterocycles. The van der Waals surface area contributed by atoms with Gasteiger partial charge in [-0.25, -0.2) is 4.99 Å². The number of alkyl halides is 3. The first kappa shape index (κ1) is 23.9. The summed E-state index contributed by atoms with van der Waals surface area (Å²) in [4.78, 5) is 6.03. The lowest BCUT2D eigenvalue weighted by molar-refractivity contribution is -0.143. The van der Waals surface area contributed by atoms with Crippen LogP contribution in [0.5, 0.6) is 17.2 Å². The molecule has 0 saturated carbocycles. The molecule has 0 amide bonds. The Balaban J connectivity index is 1.98. The number of aliphatic imine (C=N–C) groups is 1. The van der Waals surface area contributed by atoms with Gasteiger partial charge in [0.1, 0.15) is 0 Å². The van der Waals surface area contributed by atoms with Crippen LogP contribution in [0.25, 0.3) is 0 Å². The summed E-state index contributed by atoms with van der Waals surface area (Å²) in [7, 11) is 4.66. The molecule has 30 heavy (non-hydrogen) atoms. The van der Waals surface area contributed by atoms with E-state index in [1.165, 1.54) is 4.90 Å². The first-order chi connectivity index (χ1) is 14.3. The number of methoxy groups -OCH3 is 3. The van der Waals surface area contributed by atoms with Crippen LogP contribution in [-0.2, 0) is 6.54 Å². The third-order valence-corrected chi connectivity index (χ3v) is 4.82. The average Bonchev–Trinajstić information content (AvgIpc) is 3.14. The summed E-state index contributed by atoms with van der Waals surface area (Å²) < 4.78 is 53.7. The smallest absolute Gasteiger partial charge is 0.401 e. The summed E-state index contributed by atoms with van der Waals surface area (Å²) in [5.41, 5.74) is 0.874. The van der Waals surface area contributed by atoms with E-state index in [0.29, 0.717) is 55.9 Å². The normalized spacial score (nSPS) is 17.7. The minimum atomic E-state index is -4.15. The molecule has 170 valence electrons. The number of nitrogens with zero attached hydrogens (tertiary/aromatic N) is 2. The van der Waals surface area contributed by atoms with Gasteiger partial charge in [0.25, 0.3) is 0 Å². The zero-order chi connectivity index (χ0) is 22.1. The third kappa shape index (κ3) is 7.16. The van der Waals surface area contributed by atoms with E-state index < -0.39 is 12.7 Å². The van der Waals surface area contributed by atoms with Crippen molar-refractivity contribution in [2.24, 2.45) is 10.9 Å². The third-order valence-electron chi connectivity index (χ3n) is 4.82. The van der Waals surface area contributed by atoms with E-state index in [4.69, 9.17) is 14.2 Å². The van der Waals surface area contributed by atoms with E-state index in [1.54, 1.807) is 21.3 Å². The van der Waals surface area contributed by atoms with Crippen LogP contribution in [0.15, 0.2) is 17.1 Å². The second kappa shape index (κ2) is 11.1. The molecule has 0 aliphatic carbocycles. The number of hydrogen-bond donors (Lipinski definition) is 2. The zero-order valence-electron chi connectivity index (χ0n) is 17.9. The fourth-order valence-corrected chi connectivity index (χ4v) is 3.46. The topological polar surface area (TPSA) is 67.4 Å². The average molecular weight is 432 g/mol. The molecule has 0 aromatic heterocycles. The number of likely N-dealkylation sites (tertiary alicyclic amines) is 1. The van der Waals surface area contributed by atoms with Crippen LogP contribution >= 0.6 is 0 Å². The van der Waals surface area contributed by atoms with Gasteiger partial charge < -0.3 is 24.8 Å². The number of benzene rings is 1. The molecule has 1 heterocycles. The summed E-state index contributed by atoms with van der Waals surface area (Å²) in [6.07, 6.45) is -3.42. The Morgan fingerprint density at radius 2 is 1.80 bits per heavy atom. The van der Waals surface area contributed by atoms with Crippen LogP contribution in [0.2, 0.25) is 0 Å². The summed E-state index contributed by atoms with van der Waals surface area (Å²) >= 11 is 0. The van der Waals surface area contributed by atoms with Gasteiger partial charge in [0.15, 0.2) is 17.5 Å². The maximum atomic E-state index is 12.6. The molecule has 1 aliphatic rings. The maximum Gasteiger partial charge on any atom is 0.401 e. The van der Waals surface area contributed by atoms with Crippen molar-refractivity contribution >= 4 is 5.96 Å². The van der Waals surface area contributed by atoms with Gasteiger partial charge in [0.2, 0.25) is 5.75 Å². The van der Waals surface area contributed by atoms with Crippen molar-refractivity contribution in [1.29, 1.82) is 0 Å². The number of rotatable bonds is 9. The fourth-order valence-electron chi connectivity index (χ4n) is 3.46. The van der Waals surface area contributed by atoms with E-state index in [0.717, 1.165) is 12.0 Å². The molecule has 2 rings (SSSR count). The summed E-state index contributed by atoms with van der Waals surface area (Å²) in [5.74, 6) is 2.38. The number of halogens is 3. The molecular formula is C20H31F3N4O3. The predicted octanol–water partition coefficient (Wildman–Crippen LogP) is 2.65. The van der Waals surface area contributed by atoms with Crippen LogP contribution in [0.3, 0.4) is 0 Å². The zero-order valence-corrected chi connectivity index (χ0v) is 17.9. The van der Waals surface area contributed by atoms with E-state index >= 15 is 0 Å². The van der Waals surface area contributed by atoms with Crippen LogP contribution in [0.4, 0.5) is 13.2 Å². The van der Waals surface area contributed by atoms with Gasteiger partial charge in [-0.3, -0.25) is 4.90 Å². The first-order valence-corrected chi connectivity index (χ1v) is 9.89. The Hall–Kier alpha value is -2.36. The fraction of sp³-hybridized carbons (Fsp3) is 0.650. The van der Waals surface area contributed by atoms with Gasteiger partial charge in [-0.15, -0.1) is 0 Å². The summed E-state index contributed by atoms with van der Waals surface area (Å²) in [6, 6.07) is 3.67. The Bertz CT molecular complexity index is 688. The highest BCUT2D eigenvalue weighted by molar-refractivity contribution is 5.79. The van der Waals surface area contributed by atoms with Gasteiger partial charge in [0, 0.05) is 19.6 Å². The van der Waals surface area contributed by atoms with Crippen molar-refractivity contribution in [3.05, 3.63) is 17.7 Å². The minimum Gasteiger partial charge on any atom is -0.493 e. The molecule has 1 aromatic carbocycles. The molecule has 0 spiro atoms. The quantitative estimate of drug-likeness (QED) is 0.462. The standard InChI is InChI=1S/C20H31F3N4O3/c1-5-24-19(25-10-14-6-7-27(12-14)13-20(21,22)23)26-11-15-8-16(28-2)18(30-4)17(9-15)29-3/h8-9,14H,5-7,10-13H2,1-4H3,(H2,24,25,26). The number of nitrogens with one attached hydrogen (secondary N) is 2. The lowest BCUT2D eigenvalue weighted by atomic mass is 10.1. The Kier molecular flexibility index (Phi) is 8.88. The number of hydrogen-bond acceptors (Lipinski definition) is 5. The van der Waals surface area contributed by atoms with Crippen molar-refractivity contribution in [3.63, 3.8) is 0 Å². The highest BCUT2D eigenvalue weighted by Gasteiger charge is 2.34. The summed E-state index contributed by atoms with van der Waals surface area (Å²) in [6.45, 7) is 3.61. The molecule has 1 fully saturated rings. The lowest BCUT2D eigenvalue weighted by Gasteiger charge is -2.19. The highest BCUT2D eigenvalue weighted by atomic mass is 19.4. The van der Waals surface area contributed by atoms with Gasteiger partial charge in [-0.1, -0.05) is 0 Å². The summed E-state index contributed by atoms with van der Waals surface area (Å²) in [5, 5.41) is 6.40. The highest BCUT2D eigenvalue weighted by Crippen LogP contribution is 2.38. The molecule has 1 aromatic rings. The van der Waals surface area contributed by atoms with Crippen molar-refractivity contribution < 1.29 is 27.4 Å². The Labute approximate surface area is 175 Å². The van der Waals surface area contributed by atoms with Crippen molar-refractivity contribution in [2.75, 3.05) is 54.1 Å². The van der Waals surface area contributed by atoms with E-state index in [9.17, 15) is 13.2 Å². The molecule has 1 unspecified atom stereocenters. The predicted molar refractivity (Wildman–Crippen MR) is 110 cm³/mol. The minimum absolute atomic E-state index is 0.150. The molecule has 0 radical (unpaired) electrons. The second-order valence-corrected chi connectivity index (χ2v) is 7.11. The molecule has 2 N–H and O–H groups in total. The van der Waals surface area contributed by atoms with E-state index in [-0.39, 0.29) is 5.92 Å². The molecule has 10 heteroatoms. The monoisotopic (exact) mass is 432 g/mol. The van der Waals surface area contributed by atoms with Crippen molar-refractivity contribution in [2.45, 2.75) is 26.1 Å². The molecule has 0 bridgehead atoms. The number of ether oxygens (including phenoxy) is 3. The van der Waals surface area contributed by atoms with Gasteiger partial charge >= 0.3 is 6.18 Å². The van der Waals surface area contributed by atoms with Gasteiger partial charge in [-0.05, 0) is 43.5 Å². The first-order valence-electron chi connectivity index (χ1n) is 9.89. The van der Waals surface area contributed by atoms with Gasteiger partial charge in [-0.2, -0.15) is 13.2 Å². The molecule has 7 nitrogen and oxygen atoms in total. The SMILES string of the molecule is CCNC(=NCc1cc(OC)c(OC)c(OC)c1)NCC1CCN(CC(F)(F)F)C1. The van der Waals surface area contributed by atoms with Crippen LogP contribution in [0.1, 0.15) is 18.9 Å². The molecule has 1 atom stereocenters. The lowest BCUT2D eigenvalue weighted by Crippen LogP contribution is -2.40. The second-order valence-electron chi connectivity index (χ2n) is 7.11. The Morgan fingerprint density at radius 1 is 1.13 bits per heavy atom. The van der Waals surface area contributed by atoms with Crippen LogP contribution in [0, 0.1) is 5.92 Å². The van der Waals surface area contributed by atoms with Crippen LogP contribution in [-0.4, -0.2) is 71.1 Å². The molecule has 1 aliphatic heterocycles. The largest absolute Gasteiger partial charge is 0.493 e. The van der Waals surface area contributed by atoms with E-state index in [1.807, 2.05) is 19.1 Å². The van der Waals surface area contributed by atoms with Crippen molar-refractivity contribution in [3.8, 4) is 17.2 Å². The number of guanidine groups is 1. The van der Waals surface area contributed by atoms with Gasteiger partial charge in [0.05, 0.1) is 34.4 Å². The van der Waals surface area contributed by atoms with Crippen LogP contribution < -0.4 is 24.8 Å². The maximum absolute atomic E-state index is 12.6.